The molecule has 72 valence electrons. The molecule has 1 N–H and O–H groups in total. The number of hydrogen-bond donors (Lipinski definition) is 1. The Balaban J connectivity index is 2.36. The smallest absolute Gasteiger partial charge is 0.318 e. The third-order valence-electron chi connectivity index (χ3n) is 2.47. The molecule has 0 aromatic carbocycles. The highest BCUT2D eigenvalue weighted by Crippen LogP contribution is 2.19. The van der Waals surface area contributed by atoms with Crippen molar-refractivity contribution < 1.29 is 4.79 Å². The number of nitrogens with one attached hydrogen (secondary N) is 1. The van der Waals surface area contributed by atoms with Gasteiger partial charge in [0.05, 0.1) is 6.04 Å². The molecule has 0 saturated carbocycles. The van der Waals surface area contributed by atoms with Crippen LogP contribution in [0.15, 0.2) is 0 Å². The van der Waals surface area contributed by atoms with Gasteiger partial charge < -0.3 is 10.2 Å². The second-order valence-electron chi connectivity index (χ2n) is 3.38. The van der Waals surface area contributed by atoms with E-state index in [1.807, 2.05) is 4.90 Å². The highest BCUT2D eigenvalue weighted by atomic mass is 16.2. The van der Waals surface area contributed by atoms with Crippen molar-refractivity contribution in [3.63, 3.8) is 0 Å². The van der Waals surface area contributed by atoms with E-state index in [0.29, 0.717) is 6.04 Å². The summed E-state index contributed by atoms with van der Waals surface area (Å²) in [6.07, 6.45) is 7.31. The molecule has 0 aromatic heterocycles. The molecule has 1 fully saturated rings. The maximum atomic E-state index is 11.5. The molecule has 2 unspecified atom stereocenters. The second kappa shape index (κ2) is 4.18. The molecular weight excluding hydrogens is 164 g/mol. The van der Waals surface area contributed by atoms with E-state index in [4.69, 9.17) is 6.42 Å². The Hall–Kier alpha value is -1.17. The van der Waals surface area contributed by atoms with E-state index in [2.05, 4.69) is 18.2 Å². The lowest BCUT2D eigenvalue weighted by atomic mass is 10.0. The number of carbonyl (C=O) groups is 1. The molecule has 2 amide bonds. The van der Waals surface area contributed by atoms with Crippen LogP contribution >= 0.6 is 0 Å². The predicted molar refractivity (Wildman–Crippen MR) is 52.2 cm³/mol. The Kier molecular flexibility index (Phi) is 3.18. The largest absolute Gasteiger partial charge is 0.325 e. The van der Waals surface area contributed by atoms with Gasteiger partial charge in [0, 0.05) is 12.6 Å². The van der Waals surface area contributed by atoms with Crippen LogP contribution in [0, 0.1) is 12.3 Å². The fourth-order valence-corrected chi connectivity index (χ4v) is 1.44. The predicted octanol–water partition coefficient (Wildman–Crippen LogP) is 1.20. The number of terminal acetylenes is 1. The topological polar surface area (TPSA) is 32.3 Å². The third-order valence-corrected chi connectivity index (χ3v) is 2.47. The molecule has 1 aliphatic rings. The zero-order valence-electron chi connectivity index (χ0n) is 8.21. The van der Waals surface area contributed by atoms with Crippen LogP contribution in [0.3, 0.4) is 0 Å². The highest BCUT2D eigenvalue weighted by Gasteiger charge is 2.30. The molecule has 0 aromatic rings. The van der Waals surface area contributed by atoms with Gasteiger partial charge in [-0.25, -0.2) is 4.79 Å². The number of amides is 2. The van der Waals surface area contributed by atoms with E-state index in [-0.39, 0.29) is 12.1 Å². The molecular formula is C10H16N2O. The van der Waals surface area contributed by atoms with Crippen LogP contribution in [0.4, 0.5) is 4.79 Å². The van der Waals surface area contributed by atoms with Gasteiger partial charge in [-0.15, -0.1) is 6.42 Å². The molecule has 1 saturated heterocycles. The summed E-state index contributed by atoms with van der Waals surface area (Å²) < 4.78 is 0. The first-order valence-electron chi connectivity index (χ1n) is 4.72. The lowest BCUT2D eigenvalue weighted by molar-refractivity contribution is 0.112. The lowest BCUT2D eigenvalue weighted by Gasteiger charge is -2.40. The van der Waals surface area contributed by atoms with Crippen LogP contribution in [0.1, 0.15) is 26.7 Å². The number of carbonyl (C=O) groups excluding carboxylic acids is 1. The first-order valence-corrected chi connectivity index (χ1v) is 4.72. The molecule has 0 aliphatic carbocycles. The molecule has 0 bridgehead atoms. The van der Waals surface area contributed by atoms with Crippen molar-refractivity contribution in [2.45, 2.75) is 38.8 Å². The summed E-state index contributed by atoms with van der Waals surface area (Å²) in [6.45, 7) is 4.76. The van der Waals surface area contributed by atoms with Gasteiger partial charge in [0.2, 0.25) is 0 Å². The maximum absolute atomic E-state index is 11.5. The summed E-state index contributed by atoms with van der Waals surface area (Å²) in [5.41, 5.74) is 0. The minimum atomic E-state index is -0.175. The van der Waals surface area contributed by atoms with E-state index in [0.717, 1.165) is 19.4 Å². The van der Waals surface area contributed by atoms with Gasteiger partial charge in [-0.2, -0.15) is 0 Å². The van der Waals surface area contributed by atoms with Gasteiger partial charge in [-0.05, 0) is 19.8 Å². The van der Waals surface area contributed by atoms with E-state index in [1.165, 1.54) is 0 Å². The molecule has 1 heterocycles. The van der Waals surface area contributed by atoms with Crippen LogP contribution in [0.5, 0.6) is 0 Å². The van der Waals surface area contributed by atoms with Crippen molar-refractivity contribution in [2.24, 2.45) is 0 Å². The van der Waals surface area contributed by atoms with E-state index < -0.39 is 0 Å². The summed E-state index contributed by atoms with van der Waals surface area (Å²) in [7, 11) is 0. The SMILES string of the molecule is C#CC(C)NC(=O)N1CCC1CC. The number of rotatable bonds is 2. The molecule has 2 atom stereocenters. The summed E-state index contributed by atoms with van der Waals surface area (Å²) in [5.74, 6) is 2.47. The fraction of sp³-hybridized carbons (Fsp3) is 0.700. The highest BCUT2D eigenvalue weighted by molar-refractivity contribution is 5.76. The van der Waals surface area contributed by atoms with Crippen molar-refractivity contribution in [3.8, 4) is 12.3 Å². The molecule has 3 heteroatoms. The van der Waals surface area contributed by atoms with Gasteiger partial charge >= 0.3 is 6.03 Å². The zero-order chi connectivity index (χ0) is 9.84. The Bertz CT molecular complexity index is 230. The average molecular weight is 180 g/mol. The van der Waals surface area contributed by atoms with Crippen LogP contribution in [-0.2, 0) is 0 Å². The van der Waals surface area contributed by atoms with Crippen molar-refractivity contribution in [1.82, 2.24) is 10.2 Å². The normalized spacial score (nSPS) is 22.8. The Labute approximate surface area is 79.5 Å². The number of nitrogens with zero attached hydrogens (tertiary/aromatic N) is 1. The fourth-order valence-electron chi connectivity index (χ4n) is 1.44. The standard InChI is InChI=1S/C10H16N2O/c1-4-8(3)11-10(13)12-7-6-9(12)5-2/h1,8-9H,5-7H2,2-3H3,(H,11,13). The Morgan fingerprint density at radius 3 is 2.92 bits per heavy atom. The summed E-state index contributed by atoms with van der Waals surface area (Å²) in [4.78, 5) is 13.3. The minimum absolute atomic E-state index is 0.0245. The minimum Gasteiger partial charge on any atom is -0.325 e. The number of likely N-dealkylation sites (tertiary alicyclic amines) is 1. The molecule has 1 rings (SSSR count). The van der Waals surface area contributed by atoms with Crippen molar-refractivity contribution in [3.05, 3.63) is 0 Å². The Morgan fingerprint density at radius 2 is 2.54 bits per heavy atom. The van der Waals surface area contributed by atoms with Gasteiger partial charge in [-0.3, -0.25) is 0 Å². The second-order valence-corrected chi connectivity index (χ2v) is 3.38. The average Bonchev–Trinajstić information content (AvgIpc) is 2.02. The molecule has 13 heavy (non-hydrogen) atoms. The summed E-state index contributed by atoms with van der Waals surface area (Å²) >= 11 is 0. The number of urea groups is 1. The zero-order valence-corrected chi connectivity index (χ0v) is 8.21. The monoisotopic (exact) mass is 180 g/mol. The van der Waals surface area contributed by atoms with E-state index >= 15 is 0 Å². The van der Waals surface area contributed by atoms with E-state index in [9.17, 15) is 4.79 Å². The quantitative estimate of drug-likeness (QED) is 0.636. The lowest BCUT2D eigenvalue weighted by Crippen LogP contribution is -2.55. The number of hydrogen-bond acceptors (Lipinski definition) is 1. The van der Waals surface area contributed by atoms with Gasteiger partial charge in [0.1, 0.15) is 0 Å². The van der Waals surface area contributed by atoms with Crippen LogP contribution in [0.25, 0.3) is 0 Å². The van der Waals surface area contributed by atoms with E-state index in [1.54, 1.807) is 6.92 Å². The van der Waals surface area contributed by atoms with Gasteiger partial charge in [-0.1, -0.05) is 12.8 Å². The summed E-state index contributed by atoms with van der Waals surface area (Å²) in [5, 5.41) is 2.75. The van der Waals surface area contributed by atoms with Crippen molar-refractivity contribution in [1.29, 1.82) is 0 Å². The van der Waals surface area contributed by atoms with Gasteiger partial charge in [0.25, 0.3) is 0 Å². The van der Waals surface area contributed by atoms with Crippen molar-refractivity contribution >= 4 is 6.03 Å². The maximum Gasteiger partial charge on any atom is 0.318 e. The first-order chi connectivity index (χ1) is 6.19. The van der Waals surface area contributed by atoms with Crippen LogP contribution in [0.2, 0.25) is 0 Å². The molecule has 0 radical (unpaired) electrons. The molecule has 3 nitrogen and oxygen atoms in total. The van der Waals surface area contributed by atoms with Crippen molar-refractivity contribution in [2.75, 3.05) is 6.54 Å². The summed E-state index contributed by atoms with van der Waals surface area (Å²) in [6, 6.07) is 0.221. The van der Waals surface area contributed by atoms with Gasteiger partial charge in [0.15, 0.2) is 0 Å². The Morgan fingerprint density at radius 1 is 1.85 bits per heavy atom. The molecule has 0 spiro atoms. The molecule has 1 aliphatic heterocycles. The third kappa shape index (κ3) is 2.15. The van der Waals surface area contributed by atoms with Crippen LogP contribution < -0.4 is 5.32 Å². The van der Waals surface area contributed by atoms with Crippen LogP contribution in [-0.4, -0.2) is 29.6 Å². The first kappa shape index (κ1) is 9.91.